The summed E-state index contributed by atoms with van der Waals surface area (Å²) in [6.07, 6.45) is 4.83. The van der Waals surface area contributed by atoms with Crippen molar-refractivity contribution in [3.63, 3.8) is 0 Å². The molecule has 4 aromatic rings. The van der Waals surface area contributed by atoms with Crippen molar-refractivity contribution < 1.29 is 37.9 Å². The van der Waals surface area contributed by atoms with E-state index in [4.69, 9.17) is 37.9 Å². The lowest BCUT2D eigenvalue weighted by molar-refractivity contribution is 0.282. The molecule has 1 spiro atoms. The molecule has 10 rings (SSSR count). The number of epoxide rings is 4. The predicted octanol–water partition coefficient (Wildman–Crippen LogP) is 6.70. The van der Waals surface area contributed by atoms with E-state index in [-0.39, 0.29) is 0 Å². The zero-order chi connectivity index (χ0) is 32.4. The molecular formula is C41H40O8. The van der Waals surface area contributed by atoms with E-state index in [2.05, 4.69) is 72.8 Å². The minimum Gasteiger partial charge on any atom is -0.493 e. The second-order valence-electron chi connectivity index (χ2n) is 13.9. The molecule has 0 bridgehead atoms. The minimum atomic E-state index is -0.634. The monoisotopic (exact) mass is 660 g/mol. The van der Waals surface area contributed by atoms with E-state index in [9.17, 15) is 0 Å². The molecular weight excluding hydrogens is 620 g/mol. The van der Waals surface area contributed by atoms with E-state index in [0.717, 1.165) is 75.1 Å². The van der Waals surface area contributed by atoms with Crippen molar-refractivity contribution in [3.8, 4) is 45.3 Å². The van der Waals surface area contributed by atoms with Gasteiger partial charge in [0.15, 0.2) is 0 Å². The Morgan fingerprint density at radius 2 is 0.653 bits per heavy atom. The Morgan fingerprint density at radius 1 is 0.408 bits per heavy atom. The van der Waals surface area contributed by atoms with Crippen molar-refractivity contribution in [1.82, 2.24) is 0 Å². The predicted molar refractivity (Wildman–Crippen MR) is 182 cm³/mol. The molecule has 49 heavy (non-hydrogen) atoms. The van der Waals surface area contributed by atoms with Gasteiger partial charge in [-0.1, -0.05) is 24.3 Å². The molecule has 2 aliphatic carbocycles. The van der Waals surface area contributed by atoms with Crippen LogP contribution in [0.25, 0.3) is 22.3 Å². The van der Waals surface area contributed by atoms with Crippen LogP contribution < -0.4 is 18.9 Å². The summed E-state index contributed by atoms with van der Waals surface area (Å²) in [5, 5.41) is 0. The zero-order valence-electron chi connectivity index (χ0n) is 27.5. The third kappa shape index (κ3) is 5.74. The number of rotatable bonds is 16. The molecule has 0 aromatic heterocycles. The lowest BCUT2D eigenvalue weighted by atomic mass is 9.70. The first-order chi connectivity index (χ1) is 24.2. The second kappa shape index (κ2) is 12.1. The average molecular weight is 661 g/mol. The van der Waals surface area contributed by atoms with E-state index < -0.39 is 5.41 Å². The van der Waals surface area contributed by atoms with Crippen LogP contribution in [0.2, 0.25) is 0 Å². The second-order valence-corrected chi connectivity index (χ2v) is 13.9. The Kier molecular flexibility index (Phi) is 7.33. The Labute approximate surface area is 286 Å². The van der Waals surface area contributed by atoms with E-state index in [1.165, 1.54) is 44.5 Å². The van der Waals surface area contributed by atoms with Crippen molar-refractivity contribution in [3.05, 3.63) is 95.1 Å². The topological polar surface area (TPSA) is 87.0 Å². The highest BCUT2D eigenvalue weighted by molar-refractivity contribution is 5.96. The smallest absolute Gasteiger partial charge is 0.119 e. The molecule has 0 radical (unpaired) electrons. The summed E-state index contributed by atoms with van der Waals surface area (Å²) < 4.78 is 47.3. The molecule has 4 saturated heterocycles. The highest BCUT2D eigenvalue weighted by atomic mass is 16.6. The quantitative estimate of drug-likeness (QED) is 0.106. The van der Waals surface area contributed by atoms with Gasteiger partial charge in [0, 0.05) is 25.7 Å². The Morgan fingerprint density at radius 3 is 0.878 bits per heavy atom. The van der Waals surface area contributed by atoms with Crippen LogP contribution in [0.4, 0.5) is 0 Å². The van der Waals surface area contributed by atoms with Gasteiger partial charge in [-0.2, -0.15) is 0 Å². The lowest BCUT2D eigenvalue weighted by Crippen LogP contribution is -2.26. The molecule has 0 saturated carbocycles. The van der Waals surface area contributed by atoms with Crippen molar-refractivity contribution >= 4 is 0 Å². The van der Waals surface area contributed by atoms with Gasteiger partial charge in [-0.3, -0.25) is 0 Å². The Bertz CT molecular complexity index is 1610. The first kappa shape index (κ1) is 29.8. The van der Waals surface area contributed by atoms with Crippen molar-refractivity contribution in [1.29, 1.82) is 0 Å². The highest BCUT2D eigenvalue weighted by Crippen LogP contribution is 2.64. The molecule has 4 aromatic carbocycles. The highest BCUT2D eigenvalue weighted by Gasteiger charge is 2.52. The third-order valence-electron chi connectivity index (χ3n) is 10.6. The van der Waals surface area contributed by atoms with Gasteiger partial charge < -0.3 is 37.9 Å². The average Bonchev–Trinajstić information content (AvgIpc) is 3.91. The molecule has 4 unspecified atom stereocenters. The molecule has 4 atom stereocenters. The van der Waals surface area contributed by atoms with Crippen LogP contribution in [0.15, 0.2) is 72.8 Å². The molecule has 252 valence electrons. The van der Waals surface area contributed by atoms with Crippen LogP contribution in [0.3, 0.4) is 0 Å². The summed E-state index contributed by atoms with van der Waals surface area (Å²) in [7, 11) is 0. The normalized spacial score (nSPS) is 25.6. The van der Waals surface area contributed by atoms with E-state index in [0.29, 0.717) is 50.8 Å². The molecule has 0 N–H and O–H groups in total. The summed E-state index contributed by atoms with van der Waals surface area (Å²) in [6, 6.07) is 26.3. The van der Waals surface area contributed by atoms with Crippen molar-refractivity contribution in [2.45, 2.75) is 55.5 Å². The van der Waals surface area contributed by atoms with Crippen LogP contribution in [-0.2, 0) is 24.4 Å². The van der Waals surface area contributed by atoms with Gasteiger partial charge >= 0.3 is 0 Å². The summed E-state index contributed by atoms with van der Waals surface area (Å²) in [6.45, 7) is 5.77. The maximum absolute atomic E-state index is 6.39. The molecule has 4 heterocycles. The lowest BCUT2D eigenvalue weighted by Gasteiger charge is -2.31. The van der Waals surface area contributed by atoms with E-state index >= 15 is 0 Å². The van der Waals surface area contributed by atoms with Crippen molar-refractivity contribution in [2.24, 2.45) is 0 Å². The molecule has 8 heteroatoms. The van der Waals surface area contributed by atoms with Gasteiger partial charge in [0.25, 0.3) is 0 Å². The number of ether oxygens (including phenoxy) is 8. The summed E-state index contributed by atoms with van der Waals surface area (Å²) in [4.78, 5) is 0. The minimum absolute atomic E-state index is 0.318. The molecule has 6 aliphatic rings. The van der Waals surface area contributed by atoms with Crippen LogP contribution in [0.5, 0.6) is 23.0 Å². The largest absolute Gasteiger partial charge is 0.493 e. The summed E-state index contributed by atoms with van der Waals surface area (Å²) in [5.41, 5.74) is 8.91. The summed E-state index contributed by atoms with van der Waals surface area (Å²) in [5.74, 6) is 3.43. The van der Waals surface area contributed by atoms with Crippen LogP contribution in [0.1, 0.15) is 47.9 Å². The fourth-order valence-electron chi connectivity index (χ4n) is 7.68. The van der Waals surface area contributed by atoms with Crippen molar-refractivity contribution in [2.75, 3.05) is 52.9 Å². The number of fused-ring (bicyclic) bond motifs is 10. The first-order valence-electron chi connectivity index (χ1n) is 17.8. The standard InChI is InChI=1S/C41H40O8/c1-5-33-34-6-2-26(43-14-10-30-22-47-30)18-38(34)41(37(33)17-25(1)42-13-9-29-21-46-29)39-19-27(44-15-11-31-23-48-31)3-7-35(39)36-8-4-28(20-40(36)41)45-16-12-32-24-49-32/h1-8,17-20,29-32H,9-16,21-24H2. The SMILES string of the molecule is c1cc2c(cc1OCCC1CO1)C1(c3cc(OCCC4CO4)ccc3-2)c2cc(OCCC3CO3)ccc2-c2ccc(OCCC3CO3)cc21. The van der Waals surface area contributed by atoms with E-state index in [1.807, 2.05) is 0 Å². The molecule has 8 nitrogen and oxygen atoms in total. The maximum atomic E-state index is 6.39. The van der Waals surface area contributed by atoms with Crippen LogP contribution >= 0.6 is 0 Å². The summed E-state index contributed by atoms with van der Waals surface area (Å²) >= 11 is 0. The number of hydrogen-bond donors (Lipinski definition) is 0. The zero-order valence-corrected chi connectivity index (χ0v) is 27.5. The van der Waals surface area contributed by atoms with E-state index in [1.54, 1.807) is 0 Å². The number of benzene rings is 4. The van der Waals surface area contributed by atoms with Gasteiger partial charge in [0.1, 0.15) is 23.0 Å². The fraction of sp³-hybridized carbons (Fsp3) is 0.415. The van der Waals surface area contributed by atoms with Gasteiger partial charge in [-0.25, -0.2) is 0 Å². The Hall–Kier alpha value is -4.08. The van der Waals surface area contributed by atoms with Gasteiger partial charge in [0.05, 0.1) is 82.7 Å². The molecule has 4 fully saturated rings. The van der Waals surface area contributed by atoms with Gasteiger partial charge in [-0.05, 0) is 93.0 Å². The first-order valence-corrected chi connectivity index (χ1v) is 17.8. The third-order valence-corrected chi connectivity index (χ3v) is 10.6. The van der Waals surface area contributed by atoms with Crippen LogP contribution in [-0.4, -0.2) is 77.3 Å². The number of hydrogen-bond acceptors (Lipinski definition) is 8. The molecule has 0 amide bonds. The van der Waals surface area contributed by atoms with Gasteiger partial charge in [0.2, 0.25) is 0 Å². The van der Waals surface area contributed by atoms with Gasteiger partial charge in [-0.15, -0.1) is 0 Å². The Balaban J connectivity index is 1.11. The maximum Gasteiger partial charge on any atom is 0.119 e. The van der Waals surface area contributed by atoms with Crippen LogP contribution in [0, 0.1) is 0 Å². The fourth-order valence-corrected chi connectivity index (χ4v) is 7.68. The molecule has 4 aliphatic heterocycles.